The van der Waals surface area contributed by atoms with Crippen LogP contribution in [0.25, 0.3) is 22.2 Å². The lowest BCUT2D eigenvalue weighted by atomic mass is 10.1. The summed E-state index contributed by atoms with van der Waals surface area (Å²) in [6, 6.07) is 2.08. The second-order valence-electron chi connectivity index (χ2n) is 6.20. The number of hydrogen-bond acceptors (Lipinski definition) is 3. The predicted octanol–water partition coefficient (Wildman–Crippen LogP) is 4.86. The third-order valence-electron chi connectivity index (χ3n) is 4.29. The van der Waals surface area contributed by atoms with Crippen molar-refractivity contribution in [1.29, 1.82) is 0 Å². The van der Waals surface area contributed by atoms with Crippen LogP contribution in [0.1, 0.15) is 38.2 Å². The van der Waals surface area contributed by atoms with Gasteiger partial charge >= 0.3 is 0 Å². The van der Waals surface area contributed by atoms with Crippen LogP contribution in [-0.2, 0) is 6.54 Å². The molecule has 0 spiro atoms. The first-order valence-electron chi connectivity index (χ1n) is 8.55. The molecule has 4 nitrogen and oxygen atoms in total. The molecule has 0 N–H and O–H groups in total. The van der Waals surface area contributed by atoms with Crippen LogP contribution in [-0.4, -0.2) is 14.5 Å². The van der Waals surface area contributed by atoms with Crippen molar-refractivity contribution in [2.75, 3.05) is 0 Å². The molecule has 0 bridgehead atoms. The molecule has 0 saturated carbocycles. The molecule has 0 atom stereocenters. The average Bonchev–Trinajstić information content (AvgIpc) is 2.65. The van der Waals surface area contributed by atoms with Gasteiger partial charge in [0.1, 0.15) is 11.6 Å². The Morgan fingerprint density at radius 1 is 1.04 bits per heavy atom. The summed E-state index contributed by atoms with van der Waals surface area (Å²) in [4.78, 5) is 20.0. The molecule has 27 heavy (non-hydrogen) atoms. The van der Waals surface area contributed by atoms with E-state index in [0.717, 1.165) is 43.6 Å². The number of aromatic nitrogens is 3. The van der Waals surface area contributed by atoms with Crippen molar-refractivity contribution < 1.29 is 17.6 Å². The molecule has 0 fully saturated rings. The van der Waals surface area contributed by atoms with E-state index < -0.39 is 29.2 Å². The molecule has 0 aliphatic heterocycles. The highest BCUT2D eigenvalue weighted by atomic mass is 19.3. The molecule has 0 saturated heterocycles. The second-order valence-corrected chi connectivity index (χ2v) is 6.20. The Labute approximate surface area is 152 Å². The summed E-state index contributed by atoms with van der Waals surface area (Å²) in [6.07, 6.45) is 2.69. The van der Waals surface area contributed by atoms with Gasteiger partial charge in [-0.05, 0) is 18.6 Å². The van der Waals surface area contributed by atoms with Gasteiger partial charge < -0.3 is 4.57 Å². The molecule has 0 aliphatic carbocycles. The molecular formula is C19H17F4N3O. The quantitative estimate of drug-likeness (QED) is 0.454. The van der Waals surface area contributed by atoms with Crippen molar-refractivity contribution in [2.45, 2.75) is 39.2 Å². The first-order chi connectivity index (χ1) is 12.9. The Morgan fingerprint density at radius 3 is 2.37 bits per heavy atom. The Hall–Kier alpha value is -2.77. The fourth-order valence-electron chi connectivity index (χ4n) is 2.83. The van der Waals surface area contributed by atoms with Crippen molar-refractivity contribution in [3.8, 4) is 11.4 Å². The maximum Gasteiger partial charge on any atom is 0.266 e. The maximum atomic E-state index is 14.5. The highest BCUT2D eigenvalue weighted by molar-refractivity contribution is 5.86. The van der Waals surface area contributed by atoms with E-state index in [9.17, 15) is 22.4 Å². The molecule has 0 amide bonds. The lowest BCUT2D eigenvalue weighted by Gasteiger charge is -2.10. The zero-order valence-corrected chi connectivity index (χ0v) is 14.6. The van der Waals surface area contributed by atoms with Crippen LogP contribution in [0.3, 0.4) is 0 Å². The first-order valence-corrected chi connectivity index (χ1v) is 8.55. The molecule has 142 valence electrons. The van der Waals surface area contributed by atoms with Crippen LogP contribution in [0.15, 0.2) is 35.5 Å². The van der Waals surface area contributed by atoms with Crippen molar-refractivity contribution in [2.24, 2.45) is 0 Å². The van der Waals surface area contributed by atoms with Crippen molar-refractivity contribution in [1.82, 2.24) is 14.5 Å². The van der Waals surface area contributed by atoms with E-state index in [1.54, 1.807) is 0 Å². The van der Waals surface area contributed by atoms with E-state index in [4.69, 9.17) is 0 Å². The predicted molar refractivity (Wildman–Crippen MR) is 93.6 cm³/mol. The fourth-order valence-corrected chi connectivity index (χ4v) is 2.83. The molecule has 0 radical (unpaired) electrons. The van der Waals surface area contributed by atoms with Gasteiger partial charge in [0.2, 0.25) is 0 Å². The van der Waals surface area contributed by atoms with E-state index in [1.165, 1.54) is 4.57 Å². The largest absolute Gasteiger partial charge is 0.312 e. The van der Waals surface area contributed by atoms with Crippen LogP contribution < -0.4 is 5.56 Å². The Bertz CT molecular complexity index is 1020. The van der Waals surface area contributed by atoms with Crippen molar-refractivity contribution in [3.05, 3.63) is 58.3 Å². The van der Waals surface area contributed by atoms with Gasteiger partial charge in [-0.1, -0.05) is 19.8 Å². The van der Waals surface area contributed by atoms with E-state index in [2.05, 4.69) is 9.97 Å². The number of aryl methyl sites for hydroxylation is 1. The number of halogens is 4. The maximum absolute atomic E-state index is 14.5. The van der Waals surface area contributed by atoms with Gasteiger partial charge in [-0.2, -0.15) is 0 Å². The minimum absolute atomic E-state index is 0.0651. The zero-order chi connectivity index (χ0) is 19.6. The first kappa shape index (κ1) is 19.0. The fraction of sp³-hybridized carbons (Fsp3) is 0.316. The Kier molecular flexibility index (Phi) is 5.53. The standard InChI is InChI=1S/C19H17F4N3O/c1-2-3-4-5-26-10-16(21)12-6-14(15(20)7-13(12)19(26)27)18-24-8-11(9-25-18)17(22)23/h6-10,17H,2-5H2,1H3. The number of benzene rings is 1. The van der Waals surface area contributed by atoms with Gasteiger partial charge in [0.05, 0.1) is 16.5 Å². The van der Waals surface area contributed by atoms with Crippen molar-refractivity contribution in [3.63, 3.8) is 0 Å². The lowest BCUT2D eigenvalue weighted by Crippen LogP contribution is -2.21. The van der Waals surface area contributed by atoms with E-state index in [-0.39, 0.29) is 22.2 Å². The zero-order valence-electron chi connectivity index (χ0n) is 14.6. The lowest BCUT2D eigenvalue weighted by molar-refractivity contribution is 0.150. The summed E-state index contributed by atoms with van der Waals surface area (Å²) in [5.41, 5.74) is -1.05. The SMILES string of the molecule is CCCCCn1cc(F)c2cc(-c3ncc(C(F)F)cn3)c(F)cc2c1=O. The number of alkyl halides is 2. The summed E-state index contributed by atoms with van der Waals surface area (Å²) in [5.74, 6) is -1.66. The van der Waals surface area contributed by atoms with Gasteiger partial charge in [-0.25, -0.2) is 27.5 Å². The smallest absolute Gasteiger partial charge is 0.266 e. The average molecular weight is 379 g/mol. The third-order valence-corrected chi connectivity index (χ3v) is 4.29. The van der Waals surface area contributed by atoms with Gasteiger partial charge in [0, 0.05) is 30.5 Å². The summed E-state index contributed by atoms with van der Waals surface area (Å²) in [5, 5.41) is -0.151. The van der Waals surface area contributed by atoms with Gasteiger partial charge in [-0.3, -0.25) is 4.79 Å². The van der Waals surface area contributed by atoms with E-state index in [0.29, 0.717) is 13.0 Å². The van der Waals surface area contributed by atoms with Crippen molar-refractivity contribution >= 4 is 10.8 Å². The summed E-state index contributed by atoms with van der Waals surface area (Å²) >= 11 is 0. The molecule has 3 rings (SSSR count). The van der Waals surface area contributed by atoms with E-state index in [1.807, 2.05) is 6.92 Å². The monoisotopic (exact) mass is 379 g/mol. The number of rotatable bonds is 6. The van der Waals surface area contributed by atoms with Crippen LogP contribution in [0.2, 0.25) is 0 Å². The number of hydrogen-bond donors (Lipinski definition) is 0. The Morgan fingerprint density at radius 2 is 1.74 bits per heavy atom. The normalized spacial score (nSPS) is 11.5. The van der Waals surface area contributed by atoms with Crippen LogP contribution >= 0.6 is 0 Å². The molecule has 0 aliphatic rings. The number of pyridine rings is 1. The molecule has 8 heteroatoms. The molecular weight excluding hydrogens is 362 g/mol. The highest BCUT2D eigenvalue weighted by Crippen LogP contribution is 2.26. The summed E-state index contributed by atoms with van der Waals surface area (Å²) in [6.45, 7) is 2.36. The molecule has 1 aromatic carbocycles. The minimum Gasteiger partial charge on any atom is -0.312 e. The summed E-state index contributed by atoms with van der Waals surface area (Å²) < 4.78 is 55.5. The molecule has 2 aromatic heterocycles. The number of fused-ring (bicyclic) bond motifs is 1. The summed E-state index contributed by atoms with van der Waals surface area (Å²) in [7, 11) is 0. The molecule has 0 unspecified atom stereocenters. The number of unbranched alkanes of at least 4 members (excludes halogenated alkanes) is 2. The van der Waals surface area contributed by atoms with Crippen LogP contribution in [0.5, 0.6) is 0 Å². The van der Waals surface area contributed by atoms with Crippen LogP contribution in [0, 0.1) is 11.6 Å². The van der Waals surface area contributed by atoms with E-state index >= 15 is 0 Å². The third kappa shape index (κ3) is 3.84. The van der Waals surface area contributed by atoms with Crippen LogP contribution in [0.4, 0.5) is 17.6 Å². The second kappa shape index (κ2) is 7.85. The van der Waals surface area contributed by atoms with Gasteiger partial charge in [0.25, 0.3) is 12.0 Å². The minimum atomic E-state index is -2.75. The highest BCUT2D eigenvalue weighted by Gasteiger charge is 2.16. The van der Waals surface area contributed by atoms with Gasteiger partial charge in [0.15, 0.2) is 5.82 Å². The topological polar surface area (TPSA) is 47.8 Å². The number of nitrogens with zero attached hydrogens (tertiary/aromatic N) is 3. The van der Waals surface area contributed by atoms with Gasteiger partial charge in [-0.15, -0.1) is 0 Å². The molecule has 2 heterocycles. The molecule has 3 aromatic rings. The Balaban J connectivity index is 2.07.